The van der Waals surface area contributed by atoms with Crippen LogP contribution in [0, 0.1) is 5.92 Å². The summed E-state index contributed by atoms with van der Waals surface area (Å²) >= 11 is 0. The van der Waals surface area contributed by atoms with E-state index in [1.807, 2.05) is 6.07 Å². The van der Waals surface area contributed by atoms with Crippen molar-refractivity contribution in [2.24, 2.45) is 11.7 Å². The lowest BCUT2D eigenvalue weighted by Gasteiger charge is -2.19. The van der Waals surface area contributed by atoms with Gasteiger partial charge < -0.3 is 10.5 Å². The van der Waals surface area contributed by atoms with Gasteiger partial charge in [-0.1, -0.05) is 38.0 Å². The summed E-state index contributed by atoms with van der Waals surface area (Å²) in [5, 5.41) is 0. The third kappa shape index (κ3) is 3.49. The van der Waals surface area contributed by atoms with Gasteiger partial charge in [0.25, 0.3) is 0 Å². The first kappa shape index (κ1) is 13.4. The van der Waals surface area contributed by atoms with Gasteiger partial charge in [0.05, 0.1) is 6.61 Å². The molecule has 1 fully saturated rings. The molecule has 100 valence electrons. The van der Waals surface area contributed by atoms with Crippen molar-refractivity contribution in [3.8, 4) is 5.75 Å². The number of benzene rings is 1. The molecule has 1 unspecified atom stereocenters. The van der Waals surface area contributed by atoms with Gasteiger partial charge in [-0.15, -0.1) is 0 Å². The average Bonchev–Trinajstić information content (AvgIpc) is 2.93. The van der Waals surface area contributed by atoms with E-state index in [4.69, 9.17) is 10.5 Å². The largest absolute Gasteiger partial charge is 0.493 e. The van der Waals surface area contributed by atoms with Crippen molar-refractivity contribution < 1.29 is 4.74 Å². The highest BCUT2D eigenvalue weighted by atomic mass is 16.5. The van der Waals surface area contributed by atoms with E-state index in [2.05, 4.69) is 25.1 Å². The molecule has 0 radical (unpaired) electrons. The summed E-state index contributed by atoms with van der Waals surface area (Å²) in [4.78, 5) is 0. The predicted octanol–water partition coefficient (Wildman–Crippen LogP) is 3.54. The monoisotopic (exact) mass is 247 g/mol. The van der Waals surface area contributed by atoms with Crippen molar-refractivity contribution in [2.75, 3.05) is 6.61 Å². The van der Waals surface area contributed by atoms with E-state index in [1.54, 1.807) is 0 Å². The molecule has 0 aromatic heterocycles. The minimum Gasteiger partial charge on any atom is -0.493 e. The zero-order valence-electron chi connectivity index (χ0n) is 11.4. The van der Waals surface area contributed by atoms with Gasteiger partial charge >= 0.3 is 0 Å². The van der Waals surface area contributed by atoms with E-state index in [9.17, 15) is 0 Å². The van der Waals surface area contributed by atoms with E-state index < -0.39 is 0 Å². The Kier molecular flexibility index (Phi) is 5.06. The van der Waals surface area contributed by atoms with Crippen LogP contribution in [0.4, 0.5) is 0 Å². The number of para-hydroxylation sites is 1. The van der Waals surface area contributed by atoms with Gasteiger partial charge in [-0.05, 0) is 43.2 Å². The van der Waals surface area contributed by atoms with Crippen LogP contribution in [0.25, 0.3) is 0 Å². The van der Waals surface area contributed by atoms with Crippen molar-refractivity contribution in [1.29, 1.82) is 0 Å². The van der Waals surface area contributed by atoms with Crippen LogP contribution >= 0.6 is 0 Å². The van der Waals surface area contributed by atoms with Crippen LogP contribution in [0.2, 0.25) is 0 Å². The van der Waals surface area contributed by atoms with Gasteiger partial charge in [0.2, 0.25) is 0 Å². The van der Waals surface area contributed by atoms with Crippen molar-refractivity contribution >= 4 is 0 Å². The summed E-state index contributed by atoms with van der Waals surface area (Å²) in [6.07, 6.45) is 7.34. The lowest BCUT2D eigenvalue weighted by molar-refractivity contribution is 0.272. The molecule has 0 aliphatic heterocycles. The lowest BCUT2D eigenvalue weighted by atomic mass is 9.97. The van der Waals surface area contributed by atoms with Crippen molar-refractivity contribution in [3.05, 3.63) is 29.8 Å². The molecule has 0 heterocycles. The fourth-order valence-electron chi connectivity index (χ4n) is 2.86. The summed E-state index contributed by atoms with van der Waals surface area (Å²) in [6.45, 7) is 2.90. The molecule has 2 N–H and O–H groups in total. The van der Waals surface area contributed by atoms with Crippen LogP contribution < -0.4 is 10.5 Å². The Morgan fingerprint density at radius 2 is 2.00 bits per heavy atom. The van der Waals surface area contributed by atoms with Crippen molar-refractivity contribution in [1.82, 2.24) is 0 Å². The molecule has 0 bridgehead atoms. The highest BCUT2D eigenvalue weighted by molar-refractivity contribution is 5.33. The summed E-state index contributed by atoms with van der Waals surface area (Å²) in [5.74, 6) is 1.76. The van der Waals surface area contributed by atoms with Crippen LogP contribution in [-0.4, -0.2) is 12.6 Å². The number of nitrogens with two attached hydrogens (primary N) is 1. The molecule has 18 heavy (non-hydrogen) atoms. The maximum atomic E-state index is 6.23. The Bertz CT molecular complexity index is 358. The van der Waals surface area contributed by atoms with Gasteiger partial charge in [-0.3, -0.25) is 0 Å². The zero-order chi connectivity index (χ0) is 12.8. The molecule has 1 aliphatic carbocycles. The van der Waals surface area contributed by atoms with Crippen LogP contribution in [-0.2, 0) is 6.42 Å². The molecule has 1 aliphatic rings. The van der Waals surface area contributed by atoms with Crippen LogP contribution in [0.5, 0.6) is 5.75 Å². The Balaban J connectivity index is 1.77. The van der Waals surface area contributed by atoms with Crippen LogP contribution in [0.1, 0.15) is 44.6 Å². The summed E-state index contributed by atoms with van der Waals surface area (Å²) < 4.78 is 5.88. The number of rotatable bonds is 6. The van der Waals surface area contributed by atoms with Crippen molar-refractivity contribution in [2.45, 2.75) is 51.5 Å². The molecule has 2 rings (SSSR count). The summed E-state index contributed by atoms with van der Waals surface area (Å²) in [5.41, 5.74) is 7.52. The minimum absolute atomic E-state index is 0.321. The molecule has 0 spiro atoms. The normalized spacial score (nSPS) is 17.9. The molecule has 0 saturated heterocycles. The maximum absolute atomic E-state index is 6.23. The second-order valence-electron chi connectivity index (χ2n) is 5.31. The SMILES string of the molecule is CCc1ccccc1OCCC(N)C1CCCC1. The average molecular weight is 247 g/mol. The molecule has 1 aromatic rings. The molecule has 2 nitrogen and oxygen atoms in total. The Hall–Kier alpha value is -1.02. The first-order valence-corrected chi connectivity index (χ1v) is 7.27. The van der Waals surface area contributed by atoms with Crippen LogP contribution in [0.3, 0.4) is 0 Å². The third-order valence-corrected chi connectivity index (χ3v) is 4.07. The van der Waals surface area contributed by atoms with Gasteiger partial charge in [0.1, 0.15) is 5.75 Å². The fraction of sp³-hybridized carbons (Fsp3) is 0.625. The molecule has 1 aromatic carbocycles. The molecular weight excluding hydrogens is 222 g/mol. The topological polar surface area (TPSA) is 35.2 Å². The Morgan fingerprint density at radius 3 is 2.72 bits per heavy atom. The molecular formula is C16H25NO. The number of aryl methyl sites for hydroxylation is 1. The Morgan fingerprint density at radius 1 is 1.28 bits per heavy atom. The van der Waals surface area contributed by atoms with Gasteiger partial charge in [-0.25, -0.2) is 0 Å². The van der Waals surface area contributed by atoms with E-state index >= 15 is 0 Å². The highest BCUT2D eigenvalue weighted by Crippen LogP contribution is 2.28. The predicted molar refractivity (Wildman–Crippen MR) is 75.9 cm³/mol. The first-order chi connectivity index (χ1) is 8.81. The smallest absolute Gasteiger partial charge is 0.122 e. The Labute approximate surface area is 111 Å². The van der Waals surface area contributed by atoms with E-state index in [0.29, 0.717) is 6.04 Å². The summed E-state index contributed by atoms with van der Waals surface area (Å²) in [7, 11) is 0. The van der Waals surface area contributed by atoms with E-state index in [1.165, 1.54) is 31.2 Å². The fourth-order valence-corrected chi connectivity index (χ4v) is 2.86. The van der Waals surface area contributed by atoms with E-state index in [-0.39, 0.29) is 0 Å². The van der Waals surface area contributed by atoms with Gasteiger partial charge in [0.15, 0.2) is 0 Å². The second kappa shape index (κ2) is 6.79. The summed E-state index contributed by atoms with van der Waals surface area (Å²) in [6, 6.07) is 8.61. The number of ether oxygens (including phenoxy) is 1. The zero-order valence-corrected chi connectivity index (χ0v) is 11.4. The standard InChI is InChI=1S/C16H25NO/c1-2-13-7-5-6-10-16(13)18-12-11-15(17)14-8-3-4-9-14/h5-7,10,14-15H,2-4,8-9,11-12,17H2,1H3. The number of hydrogen-bond donors (Lipinski definition) is 1. The maximum Gasteiger partial charge on any atom is 0.122 e. The lowest BCUT2D eigenvalue weighted by Crippen LogP contribution is -2.30. The van der Waals surface area contributed by atoms with Crippen molar-refractivity contribution in [3.63, 3.8) is 0 Å². The number of hydrogen-bond acceptors (Lipinski definition) is 2. The van der Waals surface area contributed by atoms with Crippen LogP contribution in [0.15, 0.2) is 24.3 Å². The first-order valence-electron chi connectivity index (χ1n) is 7.27. The second-order valence-corrected chi connectivity index (χ2v) is 5.31. The van der Waals surface area contributed by atoms with Gasteiger partial charge in [0, 0.05) is 6.04 Å². The minimum atomic E-state index is 0.321. The molecule has 1 atom stereocenters. The third-order valence-electron chi connectivity index (χ3n) is 4.07. The molecule has 1 saturated carbocycles. The quantitative estimate of drug-likeness (QED) is 0.834. The molecule has 0 amide bonds. The van der Waals surface area contributed by atoms with Gasteiger partial charge in [-0.2, -0.15) is 0 Å². The molecule has 2 heteroatoms. The van der Waals surface area contributed by atoms with E-state index in [0.717, 1.165) is 31.1 Å². The highest BCUT2D eigenvalue weighted by Gasteiger charge is 2.21.